The average molecular weight is 478 g/mol. The summed E-state index contributed by atoms with van der Waals surface area (Å²) in [4.78, 5) is 12.8. The Balaban J connectivity index is 1.81. The highest BCUT2D eigenvalue weighted by molar-refractivity contribution is 7.89. The number of benzene rings is 3. The van der Waals surface area contributed by atoms with E-state index in [2.05, 4.69) is 5.32 Å². The monoisotopic (exact) mass is 478 g/mol. The highest BCUT2D eigenvalue weighted by atomic mass is 32.2. The van der Waals surface area contributed by atoms with E-state index in [1.807, 2.05) is 0 Å². The van der Waals surface area contributed by atoms with Gasteiger partial charge in [0.15, 0.2) is 0 Å². The van der Waals surface area contributed by atoms with Crippen LogP contribution in [0.4, 0.5) is 18.9 Å². The summed E-state index contributed by atoms with van der Waals surface area (Å²) in [7, 11) is -0.938. The first-order chi connectivity index (χ1) is 15.5. The number of carbonyl (C=O) groups excluding carboxylic acids is 1. The first kappa shape index (κ1) is 24.3. The smallest absolute Gasteiger partial charge is 0.416 e. The molecule has 10 heteroatoms. The first-order valence-corrected chi connectivity index (χ1v) is 11.1. The third kappa shape index (κ3) is 5.71. The van der Waals surface area contributed by atoms with E-state index >= 15 is 0 Å². The van der Waals surface area contributed by atoms with Gasteiger partial charge in [-0.15, -0.1) is 0 Å². The number of nitrogens with zero attached hydrogens (tertiary/aromatic N) is 1. The Hall–Kier alpha value is -3.37. The average Bonchev–Trinajstić information content (AvgIpc) is 2.79. The van der Waals surface area contributed by atoms with Gasteiger partial charge in [-0.3, -0.25) is 4.79 Å². The third-order valence-corrected chi connectivity index (χ3v) is 6.67. The second-order valence-electron chi connectivity index (χ2n) is 7.13. The molecule has 0 aromatic heterocycles. The molecule has 0 aliphatic heterocycles. The summed E-state index contributed by atoms with van der Waals surface area (Å²) in [5, 5.41) is 2.53. The van der Waals surface area contributed by atoms with E-state index in [1.165, 1.54) is 44.5 Å². The Morgan fingerprint density at radius 2 is 1.64 bits per heavy atom. The lowest BCUT2D eigenvalue weighted by Gasteiger charge is -2.19. The number of methoxy groups -OCH3 is 1. The van der Waals surface area contributed by atoms with E-state index < -0.39 is 27.7 Å². The van der Waals surface area contributed by atoms with E-state index in [-0.39, 0.29) is 22.7 Å². The molecule has 0 saturated heterocycles. The van der Waals surface area contributed by atoms with Crippen molar-refractivity contribution in [1.82, 2.24) is 4.31 Å². The molecule has 0 saturated carbocycles. The molecule has 3 rings (SSSR count). The van der Waals surface area contributed by atoms with E-state index in [0.29, 0.717) is 11.3 Å². The van der Waals surface area contributed by atoms with Gasteiger partial charge < -0.3 is 10.1 Å². The Morgan fingerprint density at radius 3 is 2.21 bits per heavy atom. The second kappa shape index (κ2) is 9.63. The van der Waals surface area contributed by atoms with Crippen LogP contribution in [0.3, 0.4) is 0 Å². The van der Waals surface area contributed by atoms with Crippen LogP contribution in [0.1, 0.15) is 21.5 Å². The van der Waals surface area contributed by atoms with Gasteiger partial charge in [-0.25, -0.2) is 8.42 Å². The number of amides is 1. The molecule has 0 atom stereocenters. The van der Waals surface area contributed by atoms with Gasteiger partial charge in [-0.2, -0.15) is 17.5 Å². The Kier molecular flexibility index (Phi) is 7.09. The van der Waals surface area contributed by atoms with Crippen LogP contribution in [0, 0.1) is 0 Å². The highest BCUT2D eigenvalue weighted by Gasteiger charge is 2.30. The number of halogens is 3. The number of hydrogen-bond acceptors (Lipinski definition) is 4. The van der Waals surface area contributed by atoms with Crippen molar-refractivity contribution in [3.8, 4) is 5.75 Å². The van der Waals surface area contributed by atoms with Gasteiger partial charge in [0.25, 0.3) is 5.91 Å². The van der Waals surface area contributed by atoms with Crippen LogP contribution in [-0.4, -0.2) is 32.8 Å². The highest BCUT2D eigenvalue weighted by Crippen LogP contribution is 2.30. The van der Waals surface area contributed by atoms with Crippen molar-refractivity contribution >= 4 is 21.6 Å². The fraction of sp³-hybridized carbons (Fsp3) is 0.174. The van der Waals surface area contributed by atoms with Gasteiger partial charge in [-0.1, -0.05) is 18.2 Å². The third-order valence-electron chi connectivity index (χ3n) is 4.86. The number of carbonyl (C=O) groups is 1. The quantitative estimate of drug-likeness (QED) is 0.530. The van der Waals surface area contributed by atoms with Gasteiger partial charge in [-0.05, 0) is 54.6 Å². The van der Waals surface area contributed by atoms with Crippen molar-refractivity contribution in [2.45, 2.75) is 17.6 Å². The summed E-state index contributed by atoms with van der Waals surface area (Å²) in [6.45, 7) is -0.0677. The number of alkyl halides is 3. The predicted octanol–water partition coefficient (Wildman–Crippen LogP) is 4.79. The number of ether oxygens (including phenoxy) is 1. The minimum absolute atomic E-state index is 0.0677. The number of anilines is 1. The first-order valence-electron chi connectivity index (χ1n) is 9.69. The van der Waals surface area contributed by atoms with Crippen molar-refractivity contribution in [1.29, 1.82) is 0 Å². The summed E-state index contributed by atoms with van der Waals surface area (Å²) in [6.07, 6.45) is -4.47. The van der Waals surface area contributed by atoms with Crippen molar-refractivity contribution in [2.75, 3.05) is 19.5 Å². The summed E-state index contributed by atoms with van der Waals surface area (Å²) in [6, 6.07) is 16.5. The van der Waals surface area contributed by atoms with E-state index in [9.17, 15) is 26.4 Å². The minimum Gasteiger partial charge on any atom is -0.496 e. The maximum atomic E-state index is 12.8. The molecule has 0 radical (unpaired) electrons. The van der Waals surface area contributed by atoms with Gasteiger partial charge in [0.1, 0.15) is 5.75 Å². The zero-order chi connectivity index (χ0) is 24.2. The van der Waals surface area contributed by atoms with Crippen molar-refractivity contribution in [2.24, 2.45) is 0 Å². The van der Waals surface area contributed by atoms with Gasteiger partial charge in [0.05, 0.1) is 17.6 Å². The molecule has 0 unspecified atom stereocenters. The molecule has 1 amide bonds. The Labute approximate surface area is 189 Å². The second-order valence-corrected chi connectivity index (χ2v) is 9.17. The van der Waals surface area contributed by atoms with Crippen LogP contribution >= 0.6 is 0 Å². The molecule has 1 N–H and O–H groups in total. The minimum atomic E-state index is -4.47. The van der Waals surface area contributed by atoms with Crippen molar-refractivity contribution < 1.29 is 31.1 Å². The van der Waals surface area contributed by atoms with Crippen LogP contribution in [0.2, 0.25) is 0 Å². The molecule has 0 heterocycles. The van der Waals surface area contributed by atoms with Crippen LogP contribution in [0.5, 0.6) is 5.75 Å². The largest absolute Gasteiger partial charge is 0.496 e. The summed E-state index contributed by atoms with van der Waals surface area (Å²) in [5.74, 6) is -0.177. The van der Waals surface area contributed by atoms with E-state index in [1.54, 1.807) is 18.2 Å². The molecular formula is C23H21F3N2O4S. The molecule has 0 aliphatic rings. The molecule has 0 fully saturated rings. The van der Waals surface area contributed by atoms with Crippen molar-refractivity contribution in [3.05, 3.63) is 89.5 Å². The van der Waals surface area contributed by atoms with Gasteiger partial charge >= 0.3 is 6.18 Å². The summed E-state index contributed by atoms with van der Waals surface area (Å²) >= 11 is 0. The summed E-state index contributed by atoms with van der Waals surface area (Å²) < 4.78 is 70.2. The number of hydrogen-bond donors (Lipinski definition) is 1. The SMILES string of the molecule is COc1ccc(C(=O)Nc2ccc(C(F)(F)F)cc2)cc1CN(C)S(=O)(=O)c1ccccc1. The lowest BCUT2D eigenvalue weighted by atomic mass is 10.1. The zero-order valence-corrected chi connectivity index (χ0v) is 18.6. The molecule has 0 aliphatic carbocycles. The number of rotatable bonds is 7. The maximum Gasteiger partial charge on any atom is 0.416 e. The summed E-state index contributed by atoms with van der Waals surface area (Å²) in [5.41, 5.74) is -0.000167. The fourth-order valence-corrected chi connectivity index (χ4v) is 4.26. The van der Waals surface area contributed by atoms with E-state index in [4.69, 9.17) is 4.74 Å². The van der Waals surface area contributed by atoms with E-state index in [0.717, 1.165) is 28.6 Å². The molecule has 0 spiro atoms. The lowest BCUT2D eigenvalue weighted by Crippen LogP contribution is -2.27. The number of sulfonamides is 1. The van der Waals surface area contributed by atoms with Gasteiger partial charge in [0, 0.05) is 30.4 Å². The molecule has 0 bridgehead atoms. The van der Waals surface area contributed by atoms with Gasteiger partial charge in [0.2, 0.25) is 10.0 Å². The van der Waals surface area contributed by atoms with Crippen LogP contribution in [0.25, 0.3) is 0 Å². The fourth-order valence-electron chi connectivity index (χ4n) is 3.09. The lowest BCUT2D eigenvalue weighted by molar-refractivity contribution is -0.137. The standard InChI is InChI=1S/C23H21F3N2O4S/c1-28(33(30,31)20-6-4-3-5-7-20)15-17-14-16(8-13-21(17)32-2)22(29)27-19-11-9-18(10-12-19)23(24,25)26/h3-14H,15H2,1-2H3,(H,27,29). The van der Waals surface area contributed by atoms with Crippen LogP contribution < -0.4 is 10.1 Å². The Bertz CT molecular complexity index is 1230. The maximum absolute atomic E-state index is 12.8. The zero-order valence-electron chi connectivity index (χ0n) is 17.8. The molecule has 3 aromatic rings. The molecule has 174 valence electrons. The Morgan fingerprint density at radius 1 is 1.00 bits per heavy atom. The normalized spacial score (nSPS) is 11.9. The topological polar surface area (TPSA) is 75.7 Å². The van der Waals surface area contributed by atoms with Crippen LogP contribution in [-0.2, 0) is 22.7 Å². The van der Waals surface area contributed by atoms with Crippen LogP contribution in [0.15, 0.2) is 77.7 Å². The number of nitrogens with one attached hydrogen (secondary N) is 1. The molecule has 3 aromatic carbocycles. The molecular weight excluding hydrogens is 457 g/mol. The predicted molar refractivity (Wildman–Crippen MR) is 117 cm³/mol. The molecule has 6 nitrogen and oxygen atoms in total. The molecule has 33 heavy (non-hydrogen) atoms. The van der Waals surface area contributed by atoms with Crippen molar-refractivity contribution in [3.63, 3.8) is 0 Å².